The molecule has 0 bridgehead atoms. The smallest absolute Gasteiger partial charge is 0.237 e. The number of amides is 2. The van der Waals surface area contributed by atoms with E-state index < -0.39 is 0 Å². The van der Waals surface area contributed by atoms with E-state index in [0.29, 0.717) is 6.54 Å². The second-order valence-electron chi connectivity index (χ2n) is 5.71. The number of hydrogen-bond donors (Lipinski definition) is 3. The molecule has 1 fully saturated rings. The summed E-state index contributed by atoms with van der Waals surface area (Å²) in [6.07, 6.45) is 1.97. The van der Waals surface area contributed by atoms with Crippen LogP contribution in [-0.2, 0) is 16.1 Å². The van der Waals surface area contributed by atoms with E-state index in [9.17, 15) is 9.59 Å². The fourth-order valence-corrected chi connectivity index (χ4v) is 2.21. The lowest BCUT2D eigenvalue weighted by Crippen LogP contribution is -2.39. The molecule has 0 aromatic heterocycles. The average molecular weight is 289 g/mol. The Bertz CT molecular complexity index is 491. The second kappa shape index (κ2) is 7.22. The van der Waals surface area contributed by atoms with E-state index >= 15 is 0 Å². The Morgan fingerprint density at radius 1 is 1.29 bits per heavy atom. The molecular weight excluding hydrogens is 266 g/mol. The van der Waals surface area contributed by atoms with Crippen LogP contribution in [0.1, 0.15) is 32.3 Å². The molecule has 1 saturated heterocycles. The summed E-state index contributed by atoms with van der Waals surface area (Å²) < 4.78 is 0. The van der Waals surface area contributed by atoms with Crippen LogP contribution in [0.3, 0.4) is 0 Å². The third kappa shape index (κ3) is 4.56. The number of carbonyl (C=O) groups excluding carboxylic acids is 2. The van der Waals surface area contributed by atoms with Crippen LogP contribution in [0, 0.1) is 5.92 Å². The Morgan fingerprint density at radius 2 is 2.00 bits per heavy atom. The zero-order chi connectivity index (χ0) is 15.2. The summed E-state index contributed by atoms with van der Waals surface area (Å²) in [5.74, 6) is 0.0240. The van der Waals surface area contributed by atoms with E-state index in [-0.39, 0.29) is 23.8 Å². The highest BCUT2D eigenvalue weighted by molar-refractivity contribution is 5.92. The molecule has 1 aliphatic rings. The molecule has 21 heavy (non-hydrogen) atoms. The third-order valence-electron chi connectivity index (χ3n) is 3.59. The zero-order valence-corrected chi connectivity index (χ0v) is 12.6. The lowest BCUT2D eigenvalue weighted by molar-refractivity contribution is -0.123. The van der Waals surface area contributed by atoms with Crippen molar-refractivity contribution in [1.82, 2.24) is 10.6 Å². The van der Waals surface area contributed by atoms with Gasteiger partial charge in [-0.25, -0.2) is 0 Å². The maximum absolute atomic E-state index is 11.9. The highest BCUT2D eigenvalue weighted by Crippen LogP contribution is 2.11. The average Bonchev–Trinajstić information content (AvgIpc) is 3.00. The first-order valence-electron chi connectivity index (χ1n) is 7.47. The molecule has 1 aromatic carbocycles. The number of hydrogen-bond acceptors (Lipinski definition) is 3. The van der Waals surface area contributed by atoms with Gasteiger partial charge in [-0.3, -0.25) is 9.59 Å². The van der Waals surface area contributed by atoms with E-state index in [1.165, 1.54) is 0 Å². The predicted octanol–water partition coefficient (Wildman–Crippen LogP) is 1.65. The summed E-state index contributed by atoms with van der Waals surface area (Å²) in [4.78, 5) is 23.5. The van der Waals surface area contributed by atoms with Gasteiger partial charge in [-0.2, -0.15) is 0 Å². The minimum absolute atomic E-state index is 0.00311. The number of anilines is 1. The normalized spacial score (nSPS) is 17.8. The highest BCUT2D eigenvalue weighted by atomic mass is 16.2. The Morgan fingerprint density at radius 3 is 2.57 bits per heavy atom. The van der Waals surface area contributed by atoms with Gasteiger partial charge in [0.25, 0.3) is 0 Å². The SMILES string of the molecule is CC(C)C(=O)Nc1ccc(CNC(=O)C2CCCN2)cc1. The van der Waals surface area contributed by atoms with Gasteiger partial charge in [0.1, 0.15) is 0 Å². The van der Waals surface area contributed by atoms with Crippen LogP contribution >= 0.6 is 0 Å². The first-order chi connectivity index (χ1) is 10.1. The molecular formula is C16H23N3O2. The number of rotatable bonds is 5. The third-order valence-corrected chi connectivity index (χ3v) is 3.59. The van der Waals surface area contributed by atoms with E-state index in [1.807, 2.05) is 38.1 Å². The van der Waals surface area contributed by atoms with Crippen molar-refractivity contribution >= 4 is 17.5 Å². The molecule has 0 saturated carbocycles. The van der Waals surface area contributed by atoms with Crippen LogP contribution in [0.15, 0.2) is 24.3 Å². The van der Waals surface area contributed by atoms with E-state index in [0.717, 1.165) is 30.6 Å². The fourth-order valence-electron chi connectivity index (χ4n) is 2.21. The molecule has 2 amide bonds. The molecule has 114 valence electrons. The van der Waals surface area contributed by atoms with Gasteiger partial charge < -0.3 is 16.0 Å². The van der Waals surface area contributed by atoms with Crippen molar-refractivity contribution in [3.05, 3.63) is 29.8 Å². The Hall–Kier alpha value is -1.88. The van der Waals surface area contributed by atoms with Gasteiger partial charge in [-0.05, 0) is 37.1 Å². The van der Waals surface area contributed by atoms with Crippen LogP contribution < -0.4 is 16.0 Å². The van der Waals surface area contributed by atoms with Crippen LogP contribution in [0.25, 0.3) is 0 Å². The van der Waals surface area contributed by atoms with Crippen LogP contribution in [0.2, 0.25) is 0 Å². The second-order valence-corrected chi connectivity index (χ2v) is 5.71. The first kappa shape index (κ1) is 15.5. The van der Waals surface area contributed by atoms with Crippen molar-refractivity contribution < 1.29 is 9.59 Å². The molecule has 3 N–H and O–H groups in total. The van der Waals surface area contributed by atoms with Gasteiger partial charge in [0.15, 0.2) is 0 Å². The van der Waals surface area contributed by atoms with Gasteiger partial charge >= 0.3 is 0 Å². The molecule has 5 heteroatoms. The monoisotopic (exact) mass is 289 g/mol. The van der Waals surface area contributed by atoms with E-state index in [4.69, 9.17) is 0 Å². The van der Waals surface area contributed by atoms with Crippen molar-refractivity contribution in [2.75, 3.05) is 11.9 Å². The topological polar surface area (TPSA) is 70.2 Å². The standard InChI is InChI=1S/C16H23N3O2/c1-11(2)15(20)19-13-7-5-12(6-8-13)10-18-16(21)14-4-3-9-17-14/h5-8,11,14,17H,3-4,9-10H2,1-2H3,(H,18,21)(H,19,20). The van der Waals surface area contributed by atoms with Crippen molar-refractivity contribution in [2.24, 2.45) is 5.92 Å². The van der Waals surface area contributed by atoms with Crippen molar-refractivity contribution in [3.63, 3.8) is 0 Å². The molecule has 0 aliphatic carbocycles. The zero-order valence-electron chi connectivity index (χ0n) is 12.6. The lowest BCUT2D eigenvalue weighted by atomic mass is 10.1. The van der Waals surface area contributed by atoms with E-state index in [1.54, 1.807) is 0 Å². The Labute approximate surface area is 125 Å². The molecule has 1 atom stereocenters. The van der Waals surface area contributed by atoms with E-state index in [2.05, 4.69) is 16.0 Å². The quantitative estimate of drug-likeness (QED) is 0.772. The van der Waals surface area contributed by atoms with Gasteiger partial charge in [-0.1, -0.05) is 26.0 Å². The molecule has 0 spiro atoms. The summed E-state index contributed by atoms with van der Waals surface area (Å²) in [6.45, 7) is 5.14. The maximum atomic E-state index is 11.9. The van der Waals surface area contributed by atoms with Gasteiger partial charge in [-0.15, -0.1) is 0 Å². The largest absolute Gasteiger partial charge is 0.351 e. The van der Waals surface area contributed by atoms with Gasteiger partial charge in [0.2, 0.25) is 11.8 Å². The number of benzene rings is 1. The Kier molecular flexibility index (Phi) is 5.33. The van der Waals surface area contributed by atoms with Crippen LogP contribution in [0.5, 0.6) is 0 Å². The fraction of sp³-hybridized carbons (Fsp3) is 0.500. The van der Waals surface area contributed by atoms with Crippen LogP contribution in [0.4, 0.5) is 5.69 Å². The Balaban J connectivity index is 1.82. The van der Waals surface area contributed by atoms with Crippen molar-refractivity contribution in [2.45, 2.75) is 39.3 Å². The maximum Gasteiger partial charge on any atom is 0.237 e. The molecule has 1 heterocycles. The number of nitrogens with one attached hydrogen (secondary N) is 3. The minimum Gasteiger partial charge on any atom is -0.351 e. The lowest BCUT2D eigenvalue weighted by Gasteiger charge is -2.12. The summed E-state index contributed by atoms with van der Waals surface area (Å²) in [5.41, 5.74) is 1.80. The van der Waals surface area contributed by atoms with Crippen LogP contribution in [-0.4, -0.2) is 24.4 Å². The summed E-state index contributed by atoms with van der Waals surface area (Å²) >= 11 is 0. The molecule has 5 nitrogen and oxygen atoms in total. The summed E-state index contributed by atoms with van der Waals surface area (Å²) in [5, 5.41) is 8.95. The predicted molar refractivity (Wildman–Crippen MR) is 82.8 cm³/mol. The summed E-state index contributed by atoms with van der Waals surface area (Å²) in [7, 11) is 0. The van der Waals surface area contributed by atoms with Gasteiger partial charge in [0, 0.05) is 18.2 Å². The molecule has 2 rings (SSSR count). The van der Waals surface area contributed by atoms with Crippen molar-refractivity contribution in [1.29, 1.82) is 0 Å². The first-order valence-corrected chi connectivity index (χ1v) is 7.47. The molecule has 1 aromatic rings. The minimum atomic E-state index is -0.0467. The molecule has 0 radical (unpaired) electrons. The van der Waals surface area contributed by atoms with Crippen molar-refractivity contribution in [3.8, 4) is 0 Å². The summed E-state index contributed by atoms with van der Waals surface area (Å²) in [6, 6.07) is 7.50. The highest BCUT2D eigenvalue weighted by Gasteiger charge is 2.21. The molecule has 1 aliphatic heterocycles. The van der Waals surface area contributed by atoms with Gasteiger partial charge in [0.05, 0.1) is 6.04 Å². The molecule has 1 unspecified atom stereocenters. The number of carbonyl (C=O) groups is 2.